The smallest absolute Gasteiger partial charge is 0.337 e. The molecule has 0 spiro atoms. The summed E-state index contributed by atoms with van der Waals surface area (Å²) < 4.78 is 23.2. The molecule has 4 aromatic carbocycles. The van der Waals surface area contributed by atoms with E-state index in [1.165, 1.54) is 31.5 Å². The van der Waals surface area contributed by atoms with E-state index in [9.17, 15) is 18.8 Å². The van der Waals surface area contributed by atoms with E-state index in [1.807, 2.05) is 38.1 Å². The lowest BCUT2D eigenvalue weighted by Gasteiger charge is -2.26. The maximum absolute atomic E-state index is 12.8. The van der Waals surface area contributed by atoms with E-state index in [2.05, 4.69) is 25.8 Å². The molecule has 11 nitrogen and oxygen atoms in total. The van der Waals surface area contributed by atoms with Crippen molar-refractivity contribution < 1.29 is 33.4 Å². The molecule has 0 atom stereocenters. The SMILES string of the molecule is COc1ccc(C(=O)Nc2ccc(C(C)(C)CNC(=O)c3n[nH]c4ccc(Cl)cc34)cc2)cc1OC.O=C(O)c1c[nH]c2ccc(F)cc12. The summed E-state index contributed by atoms with van der Waals surface area (Å²) >= 11 is 6.08. The molecular formula is C36H33ClFN5O6. The van der Waals surface area contributed by atoms with Crippen LogP contribution in [-0.2, 0) is 5.41 Å². The number of H-pyrrole nitrogens is 2. The van der Waals surface area contributed by atoms with Crippen LogP contribution in [0.25, 0.3) is 21.8 Å². The summed E-state index contributed by atoms with van der Waals surface area (Å²) in [6, 6.07) is 21.8. The highest BCUT2D eigenvalue weighted by molar-refractivity contribution is 6.31. The predicted octanol–water partition coefficient (Wildman–Crippen LogP) is 7.20. The first-order valence-electron chi connectivity index (χ1n) is 15.0. The first kappa shape index (κ1) is 34.5. The van der Waals surface area contributed by atoms with Crippen molar-refractivity contribution in [1.29, 1.82) is 0 Å². The largest absolute Gasteiger partial charge is 0.493 e. The van der Waals surface area contributed by atoms with Gasteiger partial charge in [0.2, 0.25) is 0 Å². The molecule has 0 bridgehead atoms. The lowest BCUT2D eigenvalue weighted by atomic mass is 9.84. The minimum Gasteiger partial charge on any atom is -0.493 e. The van der Waals surface area contributed by atoms with Crippen LogP contribution in [0, 0.1) is 5.82 Å². The van der Waals surface area contributed by atoms with Gasteiger partial charge in [0.25, 0.3) is 11.8 Å². The van der Waals surface area contributed by atoms with Crippen LogP contribution in [0.15, 0.2) is 85.1 Å². The molecule has 0 unspecified atom stereocenters. The molecule has 2 amide bonds. The number of hydrogen-bond acceptors (Lipinski definition) is 6. The van der Waals surface area contributed by atoms with E-state index >= 15 is 0 Å². The van der Waals surface area contributed by atoms with Crippen LogP contribution in [0.3, 0.4) is 0 Å². The zero-order chi connectivity index (χ0) is 35.3. The minimum absolute atomic E-state index is 0.0921. The van der Waals surface area contributed by atoms with E-state index < -0.39 is 11.8 Å². The highest BCUT2D eigenvalue weighted by Gasteiger charge is 2.23. The van der Waals surface area contributed by atoms with Gasteiger partial charge in [-0.2, -0.15) is 5.10 Å². The monoisotopic (exact) mass is 685 g/mol. The fraction of sp³-hybridized carbons (Fsp3) is 0.167. The molecule has 0 fully saturated rings. The summed E-state index contributed by atoms with van der Waals surface area (Å²) in [6.45, 7) is 4.45. The first-order valence-corrected chi connectivity index (χ1v) is 15.3. The van der Waals surface area contributed by atoms with E-state index in [0.717, 1.165) is 11.1 Å². The maximum atomic E-state index is 12.8. The number of aromatic carboxylic acids is 1. The number of rotatable bonds is 9. The van der Waals surface area contributed by atoms with Gasteiger partial charge in [-0.3, -0.25) is 14.7 Å². The third kappa shape index (κ3) is 7.82. The zero-order valence-corrected chi connectivity index (χ0v) is 27.7. The summed E-state index contributed by atoms with van der Waals surface area (Å²) in [5.41, 5.74) is 3.50. The third-order valence-electron chi connectivity index (χ3n) is 7.88. The molecule has 6 rings (SSSR count). The number of carboxylic acid groups (broad SMARTS) is 1. The number of halogens is 2. The van der Waals surface area contributed by atoms with E-state index in [4.69, 9.17) is 26.2 Å². The average Bonchev–Trinajstić information content (AvgIpc) is 3.71. The second-order valence-electron chi connectivity index (χ2n) is 11.6. The molecule has 0 saturated heterocycles. The molecule has 49 heavy (non-hydrogen) atoms. The van der Waals surface area contributed by atoms with Crippen molar-refractivity contribution in [2.45, 2.75) is 19.3 Å². The molecule has 252 valence electrons. The van der Waals surface area contributed by atoms with Gasteiger partial charge >= 0.3 is 5.97 Å². The Balaban J connectivity index is 0.000000299. The van der Waals surface area contributed by atoms with Crippen LogP contribution < -0.4 is 20.1 Å². The van der Waals surface area contributed by atoms with Gasteiger partial charge < -0.3 is 30.2 Å². The van der Waals surface area contributed by atoms with Crippen LogP contribution in [0.4, 0.5) is 10.1 Å². The molecule has 0 saturated carbocycles. The van der Waals surface area contributed by atoms with Gasteiger partial charge in [-0.15, -0.1) is 0 Å². The van der Waals surface area contributed by atoms with Crippen molar-refractivity contribution >= 4 is 56.9 Å². The maximum Gasteiger partial charge on any atom is 0.337 e. The van der Waals surface area contributed by atoms with Crippen molar-refractivity contribution in [3.63, 3.8) is 0 Å². The molecule has 0 aliphatic carbocycles. The summed E-state index contributed by atoms with van der Waals surface area (Å²) in [5, 5.41) is 23.2. The summed E-state index contributed by atoms with van der Waals surface area (Å²) in [4.78, 5) is 38.9. The first-order chi connectivity index (χ1) is 23.4. The van der Waals surface area contributed by atoms with Gasteiger partial charge in [-0.1, -0.05) is 37.6 Å². The Bertz CT molecular complexity index is 2160. The summed E-state index contributed by atoms with van der Waals surface area (Å²) in [6.07, 6.45) is 1.35. The number of aromatic nitrogens is 3. The number of methoxy groups -OCH3 is 2. The van der Waals surface area contributed by atoms with Gasteiger partial charge in [-0.25, -0.2) is 9.18 Å². The van der Waals surface area contributed by atoms with Gasteiger partial charge in [0, 0.05) is 50.7 Å². The normalized spacial score (nSPS) is 11.1. The van der Waals surface area contributed by atoms with Crippen molar-refractivity contribution in [3.8, 4) is 11.5 Å². The second kappa shape index (κ2) is 14.5. The van der Waals surface area contributed by atoms with Crippen LogP contribution in [0.1, 0.15) is 50.6 Å². The number of fused-ring (bicyclic) bond motifs is 2. The lowest BCUT2D eigenvalue weighted by molar-refractivity contribution is 0.0698. The zero-order valence-electron chi connectivity index (χ0n) is 27.0. The molecule has 2 aromatic heterocycles. The number of ether oxygens (including phenoxy) is 2. The molecule has 0 aliphatic heterocycles. The number of hydrogen-bond donors (Lipinski definition) is 5. The topological polar surface area (TPSA) is 158 Å². The highest BCUT2D eigenvalue weighted by Crippen LogP contribution is 2.29. The lowest BCUT2D eigenvalue weighted by Crippen LogP contribution is -2.36. The Morgan fingerprint density at radius 1 is 0.878 bits per heavy atom. The van der Waals surface area contributed by atoms with Gasteiger partial charge in [0.1, 0.15) is 5.82 Å². The van der Waals surface area contributed by atoms with Crippen molar-refractivity contribution in [2.75, 3.05) is 26.1 Å². The Labute approximate surface area is 285 Å². The number of nitrogens with one attached hydrogen (secondary N) is 4. The molecular weight excluding hydrogens is 653 g/mol. The van der Waals surface area contributed by atoms with Crippen molar-refractivity contribution in [2.24, 2.45) is 0 Å². The van der Waals surface area contributed by atoms with Crippen LogP contribution in [-0.4, -0.2) is 58.8 Å². The highest BCUT2D eigenvalue weighted by atomic mass is 35.5. The van der Waals surface area contributed by atoms with E-state index in [1.54, 1.807) is 43.5 Å². The molecule has 2 heterocycles. The Morgan fingerprint density at radius 3 is 2.29 bits per heavy atom. The van der Waals surface area contributed by atoms with Gasteiger partial charge in [0.15, 0.2) is 17.2 Å². The van der Waals surface area contributed by atoms with Gasteiger partial charge in [-0.05, 0) is 72.3 Å². The van der Waals surface area contributed by atoms with E-state index in [0.29, 0.717) is 56.3 Å². The fourth-order valence-electron chi connectivity index (χ4n) is 5.10. The number of amides is 2. The second-order valence-corrected chi connectivity index (χ2v) is 12.1. The average molecular weight is 686 g/mol. The van der Waals surface area contributed by atoms with Crippen LogP contribution in [0.5, 0.6) is 11.5 Å². The Kier molecular flexibility index (Phi) is 10.2. The number of carbonyl (C=O) groups is 3. The quantitative estimate of drug-likeness (QED) is 0.108. The number of nitrogens with zero attached hydrogens (tertiary/aromatic N) is 1. The number of carboxylic acids is 1. The van der Waals surface area contributed by atoms with E-state index in [-0.39, 0.29) is 22.8 Å². The number of carbonyl (C=O) groups excluding carboxylic acids is 2. The summed E-state index contributed by atoms with van der Waals surface area (Å²) in [7, 11) is 3.07. The Hall–Kier alpha value is -5.88. The number of anilines is 1. The van der Waals surface area contributed by atoms with Crippen LogP contribution in [0.2, 0.25) is 5.02 Å². The van der Waals surface area contributed by atoms with Gasteiger partial charge in [0.05, 0.1) is 25.3 Å². The predicted molar refractivity (Wildman–Crippen MR) is 186 cm³/mol. The molecule has 0 radical (unpaired) electrons. The molecule has 0 aliphatic rings. The molecule has 5 N–H and O–H groups in total. The van der Waals surface area contributed by atoms with Crippen molar-refractivity contribution in [3.05, 3.63) is 118 Å². The molecule has 13 heteroatoms. The Morgan fingerprint density at radius 2 is 1.59 bits per heavy atom. The summed E-state index contributed by atoms with van der Waals surface area (Å²) in [5.74, 6) is -1.00. The van der Waals surface area contributed by atoms with Crippen LogP contribution >= 0.6 is 11.6 Å². The third-order valence-corrected chi connectivity index (χ3v) is 8.11. The number of aromatic amines is 2. The van der Waals surface area contributed by atoms with Crippen molar-refractivity contribution in [1.82, 2.24) is 20.5 Å². The fourth-order valence-corrected chi connectivity index (χ4v) is 5.27. The minimum atomic E-state index is -1.06. The molecule has 6 aromatic rings. The number of benzene rings is 4. The standard InChI is InChI=1S/C27H27ClN4O4.C9H6FNO2/c1-27(2,15-29-26(34)24-20-14-18(28)8-11-21(20)31-32-24)17-6-9-19(10-7-17)30-25(33)16-5-12-22(35-3)23(13-16)36-4;10-5-1-2-8-6(3-5)7(4-11-8)9(12)13/h5-14H,15H2,1-4H3,(H,29,34)(H,30,33)(H,31,32);1-4,11H,(H,12,13).